The summed E-state index contributed by atoms with van der Waals surface area (Å²) in [6.07, 6.45) is 2.93. The van der Waals surface area contributed by atoms with Crippen molar-refractivity contribution in [3.8, 4) is 5.69 Å². The maximum atomic E-state index is 11.3. The van der Waals surface area contributed by atoms with Crippen LogP contribution in [0.15, 0.2) is 24.7 Å². The number of nitrogens with zero attached hydrogens (tertiary/aromatic N) is 4. The van der Waals surface area contributed by atoms with Gasteiger partial charge in [0.1, 0.15) is 17.0 Å². The molecule has 18 heavy (non-hydrogen) atoms. The number of rotatable bonds is 3. The molecule has 0 atom stereocenters. The van der Waals surface area contributed by atoms with Crippen molar-refractivity contribution in [2.45, 2.75) is 0 Å². The molecule has 8 heteroatoms. The van der Waals surface area contributed by atoms with Crippen LogP contribution in [0.3, 0.4) is 0 Å². The molecule has 0 saturated heterocycles. The minimum Gasteiger partial charge on any atom is -0.463 e. The second-order valence-electron chi connectivity index (χ2n) is 3.24. The summed E-state index contributed by atoms with van der Waals surface area (Å²) >= 11 is 4.89. The lowest BCUT2D eigenvalue weighted by Crippen LogP contribution is -2.16. The smallest absolute Gasteiger partial charge is 0.377 e. The Balaban J connectivity index is 2.46. The number of aromatic nitrogens is 4. The molecule has 2 rings (SSSR count). The van der Waals surface area contributed by atoms with Crippen molar-refractivity contribution in [1.29, 1.82) is 0 Å². The van der Waals surface area contributed by atoms with Crippen LogP contribution in [-0.2, 0) is 4.74 Å². The molecule has 0 fully saturated rings. The normalized spacial score (nSPS) is 10.1. The van der Waals surface area contributed by atoms with Gasteiger partial charge in [0.25, 0.3) is 5.82 Å². The number of nitrogens with two attached hydrogens (primary N) is 1. The molecule has 0 aliphatic heterocycles. The minimum atomic E-state index is -0.616. The van der Waals surface area contributed by atoms with E-state index in [4.69, 9.17) is 18.0 Å². The molecule has 0 unspecified atom stereocenters. The molecule has 0 aromatic carbocycles. The average Bonchev–Trinajstić information content (AvgIpc) is 2.87. The standard InChI is InChI=1S/C10H9N5O2S/c1-17-10(16)9-13-5-15(14-9)6-3-2-4-12-7(6)8(11)18/h2-5H,1H3,(H2,11,18). The molecule has 7 nitrogen and oxygen atoms in total. The fraction of sp³-hybridized carbons (Fsp3) is 0.100. The first-order valence-corrected chi connectivity index (χ1v) is 5.29. The number of hydrogen-bond acceptors (Lipinski definition) is 6. The van der Waals surface area contributed by atoms with Crippen molar-refractivity contribution < 1.29 is 9.53 Å². The van der Waals surface area contributed by atoms with Gasteiger partial charge < -0.3 is 10.5 Å². The highest BCUT2D eigenvalue weighted by Crippen LogP contribution is 2.10. The van der Waals surface area contributed by atoms with Gasteiger partial charge in [0.05, 0.1) is 12.8 Å². The van der Waals surface area contributed by atoms with Crippen LogP contribution in [-0.4, -0.2) is 37.8 Å². The van der Waals surface area contributed by atoms with Gasteiger partial charge in [-0.25, -0.2) is 14.5 Å². The van der Waals surface area contributed by atoms with Gasteiger partial charge in [0.2, 0.25) is 0 Å². The third kappa shape index (κ3) is 2.18. The summed E-state index contributed by atoms with van der Waals surface area (Å²) in [5.74, 6) is -0.662. The van der Waals surface area contributed by atoms with Crippen molar-refractivity contribution in [2.24, 2.45) is 5.73 Å². The Bertz CT molecular complexity index is 610. The average molecular weight is 263 g/mol. The zero-order chi connectivity index (χ0) is 13.1. The molecule has 0 radical (unpaired) electrons. The van der Waals surface area contributed by atoms with Crippen molar-refractivity contribution >= 4 is 23.2 Å². The first-order valence-electron chi connectivity index (χ1n) is 4.88. The predicted molar refractivity (Wildman–Crippen MR) is 66.4 cm³/mol. The quantitative estimate of drug-likeness (QED) is 0.619. The summed E-state index contributed by atoms with van der Waals surface area (Å²) in [7, 11) is 1.26. The van der Waals surface area contributed by atoms with E-state index in [9.17, 15) is 4.79 Å². The lowest BCUT2D eigenvalue weighted by molar-refractivity contribution is 0.0587. The highest BCUT2D eigenvalue weighted by Gasteiger charge is 2.14. The van der Waals surface area contributed by atoms with Crippen LogP contribution in [0.5, 0.6) is 0 Å². The largest absolute Gasteiger partial charge is 0.463 e. The maximum absolute atomic E-state index is 11.3. The molecule has 92 valence electrons. The topological polar surface area (TPSA) is 95.9 Å². The summed E-state index contributed by atoms with van der Waals surface area (Å²) in [6, 6.07) is 3.42. The zero-order valence-corrected chi connectivity index (χ0v) is 10.2. The number of thiocarbonyl (C=S) groups is 1. The monoisotopic (exact) mass is 263 g/mol. The second kappa shape index (κ2) is 4.88. The van der Waals surface area contributed by atoms with Crippen molar-refractivity contribution in [3.05, 3.63) is 36.2 Å². The van der Waals surface area contributed by atoms with Gasteiger partial charge in [0, 0.05) is 6.20 Å². The third-order valence-corrected chi connectivity index (χ3v) is 2.32. The van der Waals surface area contributed by atoms with E-state index < -0.39 is 5.97 Å². The molecule has 2 N–H and O–H groups in total. The van der Waals surface area contributed by atoms with E-state index in [0.717, 1.165) is 0 Å². The van der Waals surface area contributed by atoms with E-state index >= 15 is 0 Å². The van der Waals surface area contributed by atoms with Gasteiger partial charge in [0.15, 0.2) is 0 Å². The van der Waals surface area contributed by atoms with Gasteiger partial charge in [-0.2, -0.15) is 0 Å². The van der Waals surface area contributed by atoms with E-state index in [1.165, 1.54) is 18.1 Å². The fourth-order valence-electron chi connectivity index (χ4n) is 1.34. The van der Waals surface area contributed by atoms with Crippen LogP contribution in [0, 0.1) is 0 Å². The van der Waals surface area contributed by atoms with Gasteiger partial charge in [-0.05, 0) is 12.1 Å². The summed E-state index contributed by atoms with van der Waals surface area (Å²) in [6.45, 7) is 0. The van der Waals surface area contributed by atoms with E-state index in [1.54, 1.807) is 18.3 Å². The van der Waals surface area contributed by atoms with Gasteiger partial charge in [-0.1, -0.05) is 12.2 Å². The van der Waals surface area contributed by atoms with Crippen LogP contribution in [0.4, 0.5) is 0 Å². The van der Waals surface area contributed by atoms with Gasteiger partial charge in [-0.15, -0.1) is 5.10 Å². The second-order valence-corrected chi connectivity index (χ2v) is 3.68. The molecule has 0 bridgehead atoms. The van der Waals surface area contributed by atoms with Gasteiger partial charge in [-0.3, -0.25) is 4.98 Å². The summed E-state index contributed by atoms with van der Waals surface area (Å²) in [5, 5.41) is 3.97. The van der Waals surface area contributed by atoms with E-state index in [-0.39, 0.29) is 10.8 Å². The molecule has 0 amide bonds. The molecule has 2 aromatic rings. The lowest BCUT2D eigenvalue weighted by atomic mass is 10.3. The van der Waals surface area contributed by atoms with E-state index in [1.807, 2.05) is 0 Å². The van der Waals surface area contributed by atoms with Gasteiger partial charge >= 0.3 is 5.97 Å². The molecule has 0 aliphatic rings. The Labute approximate surface area is 108 Å². The minimum absolute atomic E-state index is 0.0461. The summed E-state index contributed by atoms with van der Waals surface area (Å²) in [4.78, 5) is 19.3. The van der Waals surface area contributed by atoms with Crippen LogP contribution >= 0.6 is 12.2 Å². The molecular weight excluding hydrogens is 254 g/mol. The third-order valence-electron chi connectivity index (χ3n) is 2.13. The van der Waals surface area contributed by atoms with E-state index in [2.05, 4.69) is 19.8 Å². The molecule has 0 aliphatic carbocycles. The van der Waals surface area contributed by atoms with Crippen molar-refractivity contribution in [1.82, 2.24) is 19.7 Å². The number of hydrogen-bond donors (Lipinski definition) is 1. The van der Waals surface area contributed by atoms with Crippen LogP contribution in [0.25, 0.3) is 5.69 Å². The highest BCUT2D eigenvalue weighted by molar-refractivity contribution is 7.80. The Hall–Kier alpha value is -2.35. The van der Waals surface area contributed by atoms with Crippen LogP contribution < -0.4 is 5.73 Å². The highest BCUT2D eigenvalue weighted by atomic mass is 32.1. The number of carbonyl (C=O) groups is 1. The number of ether oxygens (including phenoxy) is 1. The number of carbonyl (C=O) groups excluding carboxylic acids is 1. The Morgan fingerprint density at radius 1 is 1.50 bits per heavy atom. The van der Waals surface area contributed by atoms with Crippen molar-refractivity contribution in [2.75, 3.05) is 7.11 Å². The number of methoxy groups -OCH3 is 1. The Morgan fingerprint density at radius 2 is 2.28 bits per heavy atom. The molecule has 0 saturated carbocycles. The van der Waals surface area contributed by atoms with Crippen LogP contribution in [0.1, 0.15) is 16.3 Å². The predicted octanol–water partition coefficient (Wildman–Crippen LogP) is 0.0831. The summed E-state index contributed by atoms with van der Waals surface area (Å²) in [5.41, 5.74) is 6.52. The van der Waals surface area contributed by atoms with Crippen LogP contribution in [0.2, 0.25) is 0 Å². The fourth-order valence-corrected chi connectivity index (χ4v) is 1.49. The van der Waals surface area contributed by atoms with E-state index in [0.29, 0.717) is 11.4 Å². The maximum Gasteiger partial charge on any atom is 0.377 e. The molecule has 0 spiro atoms. The number of esters is 1. The first kappa shape index (κ1) is 12.1. The lowest BCUT2D eigenvalue weighted by Gasteiger charge is -2.05. The molecular formula is C10H9N5O2S. The van der Waals surface area contributed by atoms with Crippen molar-refractivity contribution in [3.63, 3.8) is 0 Å². The zero-order valence-electron chi connectivity index (χ0n) is 9.40. The SMILES string of the molecule is COC(=O)c1ncn(-c2cccnc2C(N)=S)n1. The Morgan fingerprint density at radius 3 is 2.94 bits per heavy atom. The Kier molecular flexibility index (Phi) is 3.28. The number of pyridine rings is 1. The first-order chi connectivity index (χ1) is 8.63. The molecule has 2 heterocycles. The summed E-state index contributed by atoms with van der Waals surface area (Å²) < 4.78 is 5.89. The molecule has 2 aromatic heterocycles.